The monoisotopic (exact) mass is 405 g/mol. The Balaban J connectivity index is 2.01. The molecule has 5 nitrogen and oxygen atoms in total. The number of anilines is 1. The van der Waals surface area contributed by atoms with Gasteiger partial charge in [0.05, 0.1) is 22.9 Å². The van der Waals surface area contributed by atoms with Gasteiger partial charge in [-0.1, -0.05) is 0 Å². The van der Waals surface area contributed by atoms with E-state index in [0.717, 1.165) is 12.3 Å². The van der Waals surface area contributed by atoms with Crippen LogP contribution >= 0.6 is 0 Å². The number of amides is 1. The van der Waals surface area contributed by atoms with Crippen LogP contribution in [0.1, 0.15) is 10.4 Å². The molecule has 4 rings (SSSR count). The van der Waals surface area contributed by atoms with Crippen molar-refractivity contribution in [1.82, 2.24) is 4.98 Å². The van der Waals surface area contributed by atoms with Crippen molar-refractivity contribution in [3.8, 4) is 11.1 Å². The number of benzene rings is 2. The summed E-state index contributed by atoms with van der Waals surface area (Å²) < 4.78 is 61.7. The van der Waals surface area contributed by atoms with Gasteiger partial charge in [-0.15, -0.1) is 0 Å². The third-order valence-electron chi connectivity index (χ3n) is 4.99. The van der Waals surface area contributed by atoms with Crippen molar-refractivity contribution in [3.63, 3.8) is 0 Å². The molecular formula is C20H15F4N3O2. The largest absolute Gasteiger partial charge is 0.378 e. The number of halogens is 4. The zero-order valence-electron chi connectivity index (χ0n) is 15.2. The summed E-state index contributed by atoms with van der Waals surface area (Å²) in [6, 6.07) is 3.47. The van der Waals surface area contributed by atoms with Crippen LogP contribution in [0.4, 0.5) is 23.2 Å². The zero-order valence-corrected chi connectivity index (χ0v) is 15.2. The van der Waals surface area contributed by atoms with Gasteiger partial charge in [0.1, 0.15) is 11.6 Å². The van der Waals surface area contributed by atoms with Crippen LogP contribution in [0.25, 0.3) is 22.0 Å². The molecule has 0 unspecified atom stereocenters. The highest BCUT2D eigenvalue weighted by Crippen LogP contribution is 2.39. The minimum atomic E-state index is -1.45. The number of fused-ring (bicyclic) bond motifs is 1. The summed E-state index contributed by atoms with van der Waals surface area (Å²) in [6.07, 6.45) is 1.09. The molecule has 3 aromatic rings. The molecule has 1 aliphatic rings. The van der Waals surface area contributed by atoms with E-state index < -0.39 is 40.3 Å². The van der Waals surface area contributed by atoms with Crippen molar-refractivity contribution in [2.24, 2.45) is 5.73 Å². The Bertz CT molecular complexity index is 1150. The molecule has 0 spiro atoms. The summed E-state index contributed by atoms with van der Waals surface area (Å²) in [5.41, 5.74) is 4.89. The Kier molecular flexibility index (Phi) is 4.62. The highest BCUT2D eigenvalue weighted by Gasteiger charge is 2.32. The van der Waals surface area contributed by atoms with Crippen LogP contribution in [-0.2, 0) is 4.74 Å². The third kappa shape index (κ3) is 3.07. The maximum absolute atomic E-state index is 14.7. The lowest BCUT2D eigenvalue weighted by Crippen LogP contribution is -2.52. The molecule has 150 valence electrons. The van der Waals surface area contributed by atoms with Crippen LogP contribution in [-0.4, -0.2) is 37.2 Å². The lowest BCUT2D eigenvalue weighted by atomic mass is 9.96. The minimum Gasteiger partial charge on any atom is -0.378 e. The van der Waals surface area contributed by atoms with Gasteiger partial charge in [0.25, 0.3) is 5.91 Å². The van der Waals surface area contributed by atoms with Gasteiger partial charge in [0.15, 0.2) is 11.6 Å². The predicted octanol–water partition coefficient (Wildman–Crippen LogP) is 3.39. The van der Waals surface area contributed by atoms with Gasteiger partial charge in [-0.25, -0.2) is 17.6 Å². The number of nitrogens with two attached hydrogens (primary N) is 1. The molecule has 1 aliphatic heterocycles. The van der Waals surface area contributed by atoms with Gasteiger partial charge in [-0.3, -0.25) is 9.78 Å². The second-order valence-electron chi connectivity index (χ2n) is 6.72. The molecule has 29 heavy (non-hydrogen) atoms. The van der Waals surface area contributed by atoms with Crippen molar-refractivity contribution in [3.05, 3.63) is 59.3 Å². The fourth-order valence-corrected chi connectivity index (χ4v) is 3.51. The van der Waals surface area contributed by atoms with Crippen molar-refractivity contribution < 1.29 is 27.1 Å². The van der Waals surface area contributed by atoms with Crippen LogP contribution in [0.2, 0.25) is 0 Å². The molecule has 0 radical (unpaired) electrons. The minimum absolute atomic E-state index is 0.0465. The number of ether oxygens (including phenoxy) is 1. The van der Waals surface area contributed by atoms with Gasteiger partial charge >= 0.3 is 0 Å². The fourth-order valence-electron chi connectivity index (χ4n) is 3.51. The van der Waals surface area contributed by atoms with E-state index in [1.807, 2.05) is 0 Å². The molecule has 2 N–H and O–H groups in total. The van der Waals surface area contributed by atoms with E-state index >= 15 is 0 Å². The second-order valence-corrected chi connectivity index (χ2v) is 6.72. The molecule has 9 heteroatoms. The second kappa shape index (κ2) is 7.00. The predicted molar refractivity (Wildman–Crippen MR) is 98.5 cm³/mol. The van der Waals surface area contributed by atoms with E-state index in [2.05, 4.69) is 4.98 Å². The fraction of sp³-hybridized carbons (Fsp3) is 0.200. The van der Waals surface area contributed by atoms with Crippen LogP contribution in [0, 0.1) is 23.3 Å². The first kappa shape index (κ1) is 19.1. The van der Waals surface area contributed by atoms with E-state index in [0.29, 0.717) is 36.3 Å². The van der Waals surface area contributed by atoms with Crippen molar-refractivity contribution in [2.75, 3.05) is 25.1 Å². The van der Waals surface area contributed by atoms with Gasteiger partial charge in [0.2, 0.25) is 0 Å². The number of hydrogen-bond donors (Lipinski definition) is 1. The molecule has 0 bridgehead atoms. The standard InChI is InChI=1S/C20H15F4N3O2/c1-29-10-7-27(8-10)19-11-2-3-14(22)16(18(11)26-6-13(19)20(25)28)12-4-9(21)5-15(23)17(12)24/h2-6,10H,7-8H2,1H3,(H2,25,28). The number of aromatic nitrogens is 1. The summed E-state index contributed by atoms with van der Waals surface area (Å²) in [7, 11) is 1.55. The SMILES string of the molecule is COC1CN(c2c(C(N)=O)cnc3c(-c4cc(F)cc(F)c4F)c(F)ccc23)C1. The topological polar surface area (TPSA) is 68.5 Å². The lowest BCUT2D eigenvalue weighted by molar-refractivity contribution is 0.0785. The molecule has 1 aromatic heterocycles. The van der Waals surface area contributed by atoms with Crippen LogP contribution < -0.4 is 10.6 Å². The van der Waals surface area contributed by atoms with Crippen molar-refractivity contribution in [2.45, 2.75) is 6.10 Å². The Labute approximate surface area is 162 Å². The molecule has 1 saturated heterocycles. The van der Waals surface area contributed by atoms with E-state index in [1.165, 1.54) is 6.07 Å². The van der Waals surface area contributed by atoms with Gasteiger partial charge in [-0.2, -0.15) is 0 Å². The molecule has 0 saturated carbocycles. The van der Waals surface area contributed by atoms with Crippen LogP contribution in [0.15, 0.2) is 30.5 Å². The van der Waals surface area contributed by atoms with Gasteiger partial charge in [0, 0.05) is 49.0 Å². The summed E-state index contributed by atoms with van der Waals surface area (Å²) in [6.45, 7) is 0.900. The van der Waals surface area contributed by atoms with Crippen molar-refractivity contribution >= 4 is 22.5 Å². The normalized spacial score (nSPS) is 14.3. The first-order valence-electron chi connectivity index (χ1n) is 8.65. The quantitative estimate of drug-likeness (QED) is 0.534. The van der Waals surface area contributed by atoms with Gasteiger partial charge in [-0.05, 0) is 18.2 Å². The summed E-state index contributed by atoms with van der Waals surface area (Å²) in [5.74, 6) is -5.57. The van der Waals surface area contributed by atoms with E-state index in [9.17, 15) is 22.4 Å². The Morgan fingerprint density at radius 2 is 1.90 bits per heavy atom. The maximum Gasteiger partial charge on any atom is 0.252 e. The van der Waals surface area contributed by atoms with Crippen LogP contribution in [0.5, 0.6) is 0 Å². The van der Waals surface area contributed by atoms with E-state index in [1.54, 1.807) is 12.0 Å². The number of carbonyl (C=O) groups is 1. The maximum atomic E-state index is 14.7. The first-order valence-corrected chi connectivity index (χ1v) is 8.65. The average molecular weight is 405 g/mol. The highest BCUT2D eigenvalue weighted by atomic mass is 19.2. The molecule has 2 aromatic carbocycles. The van der Waals surface area contributed by atoms with Gasteiger partial charge < -0.3 is 15.4 Å². The number of rotatable bonds is 4. The zero-order chi connectivity index (χ0) is 20.9. The van der Waals surface area contributed by atoms with E-state index in [-0.39, 0.29) is 17.2 Å². The molecule has 1 fully saturated rings. The summed E-state index contributed by atoms with van der Waals surface area (Å²) >= 11 is 0. The molecule has 2 heterocycles. The molecule has 1 amide bonds. The van der Waals surface area contributed by atoms with Crippen molar-refractivity contribution in [1.29, 1.82) is 0 Å². The number of nitrogens with zero attached hydrogens (tertiary/aromatic N) is 2. The molecule has 0 aliphatic carbocycles. The summed E-state index contributed by atoms with van der Waals surface area (Å²) in [4.78, 5) is 17.8. The number of primary amides is 1. The number of carbonyl (C=O) groups excluding carboxylic acids is 1. The molecular weight excluding hydrogens is 390 g/mol. The summed E-state index contributed by atoms with van der Waals surface area (Å²) in [5, 5.41) is 0.302. The Morgan fingerprint density at radius 3 is 2.55 bits per heavy atom. The first-order chi connectivity index (χ1) is 13.8. The van der Waals surface area contributed by atoms with E-state index in [4.69, 9.17) is 10.5 Å². The lowest BCUT2D eigenvalue weighted by Gasteiger charge is -2.41. The average Bonchev–Trinajstić information content (AvgIpc) is 2.63. The van der Waals surface area contributed by atoms with Crippen LogP contribution in [0.3, 0.4) is 0 Å². The Morgan fingerprint density at radius 1 is 1.17 bits per heavy atom. The number of pyridine rings is 1. The highest BCUT2D eigenvalue weighted by molar-refractivity contribution is 6.10. The smallest absolute Gasteiger partial charge is 0.252 e. The Hall–Kier alpha value is -3.20. The number of hydrogen-bond acceptors (Lipinski definition) is 4. The third-order valence-corrected chi connectivity index (χ3v) is 4.99. The number of methoxy groups -OCH3 is 1. The molecule has 0 atom stereocenters.